The summed E-state index contributed by atoms with van der Waals surface area (Å²) < 4.78 is 27.0. The number of anilines is 1. The van der Waals surface area contributed by atoms with Crippen LogP contribution in [-0.2, 0) is 16.5 Å². The van der Waals surface area contributed by atoms with E-state index in [1.165, 1.54) is 5.52 Å². The van der Waals surface area contributed by atoms with E-state index in [0.717, 1.165) is 116 Å². The van der Waals surface area contributed by atoms with Crippen LogP contribution in [0.5, 0.6) is 5.75 Å². The Morgan fingerprint density at radius 2 is 1.78 bits per heavy atom. The van der Waals surface area contributed by atoms with Crippen LogP contribution in [0, 0.1) is 0 Å². The molecule has 0 saturated carbocycles. The van der Waals surface area contributed by atoms with E-state index < -0.39 is 0 Å². The van der Waals surface area contributed by atoms with Crippen LogP contribution in [0.4, 0.5) is 5.69 Å². The predicted molar refractivity (Wildman–Crippen MR) is 145 cm³/mol. The van der Waals surface area contributed by atoms with Gasteiger partial charge in [-0.3, -0.25) is 4.90 Å². The van der Waals surface area contributed by atoms with Crippen LogP contribution < -0.4 is 14.6 Å². The van der Waals surface area contributed by atoms with Gasteiger partial charge >= 0.3 is 0 Å². The lowest BCUT2D eigenvalue weighted by Crippen LogP contribution is -2.53. The first-order valence-corrected chi connectivity index (χ1v) is 13.5. The van der Waals surface area contributed by atoms with Crippen molar-refractivity contribution in [3.63, 3.8) is 0 Å². The number of hydrogen-bond acceptors (Lipinski definition) is 6. The third-order valence-electron chi connectivity index (χ3n) is 8.01. The van der Waals surface area contributed by atoms with E-state index in [4.69, 9.17) is 18.6 Å². The lowest BCUT2D eigenvalue weighted by molar-refractivity contribution is -0.916. The number of aromatic nitrogens is 1. The molecule has 2 aliphatic heterocycles. The molecule has 8 heteroatoms. The van der Waals surface area contributed by atoms with Gasteiger partial charge < -0.3 is 28.4 Å². The number of para-hydroxylation sites is 1. The summed E-state index contributed by atoms with van der Waals surface area (Å²) in [6.45, 7) is 10.8. The van der Waals surface area contributed by atoms with Crippen molar-refractivity contribution in [2.24, 2.45) is 7.05 Å². The van der Waals surface area contributed by atoms with Crippen molar-refractivity contribution in [1.29, 1.82) is 0 Å². The fourth-order valence-electron chi connectivity index (χ4n) is 5.61. The first-order valence-electron chi connectivity index (χ1n) is 13.5. The van der Waals surface area contributed by atoms with Crippen LogP contribution in [0.1, 0.15) is 0 Å². The van der Waals surface area contributed by atoms with Gasteiger partial charge in [-0.2, -0.15) is 4.57 Å². The summed E-state index contributed by atoms with van der Waals surface area (Å²) in [7, 11) is 4.41. The van der Waals surface area contributed by atoms with Gasteiger partial charge in [0, 0.05) is 32.2 Å². The Kier molecular flexibility index (Phi) is 6.90. The molecule has 0 amide bonds. The number of furan rings is 1. The molecule has 37 heavy (non-hydrogen) atoms. The van der Waals surface area contributed by atoms with Gasteiger partial charge in [0.1, 0.15) is 44.6 Å². The quantitative estimate of drug-likeness (QED) is 0.293. The van der Waals surface area contributed by atoms with Crippen LogP contribution >= 0.6 is 0 Å². The fourth-order valence-corrected chi connectivity index (χ4v) is 5.61. The molecule has 2 aliphatic rings. The molecule has 0 atom stereocenters. The van der Waals surface area contributed by atoms with Crippen molar-refractivity contribution in [2.45, 2.75) is 0 Å². The molecular formula is C29H38N4O4+2. The van der Waals surface area contributed by atoms with Crippen LogP contribution in [-0.4, -0.2) is 95.3 Å². The number of morpholine rings is 2. The third kappa shape index (κ3) is 4.99. The van der Waals surface area contributed by atoms with Crippen molar-refractivity contribution >= 4 is 38.7 Å². The average Bonchev–Trinajstić information content (AvgIpc) is 3.30. The van der Waals surface area contributed by atoms with Gasteiger partial charge in [-0.1, -0.05) is 12.1 Å². The minimum Gasteiger partial charge on any atom is -0.488 e. The molecule has 6 rings (SSSR count). The number of fused-ring (bicyclic) bond motifs is 4. The first kappa shape index (κ1) is 24.4. The minimum atomic E-state index is 0.682. The molecule has 4 heterocycles. The minimum absolute atomic E-state index is 0.682. The molecule has 0 unspecified atom stereocenters. The molecule has 0 radical (unpaired) electrons. The second kappa shape index (κ2) is 10.5. The van der Waals surface area contributed by atoms with Gasteiger partial charge in [0.15, 0.2) is 0 Å². The number of benzene rings is 2. The SMILES string of the molecule is C[n+]1c2ccccc2c(NCCN2CCOCC2)c2oc3ccc(OCC[N+]4(C)CCOCC4)cc3c21. The Morgan fingerprint density at radius 3 is 2.62 bits per heavy atom. The molecule has 196 valence electrons. The zero-order chi connectivity index (χ0) is 25.2. The highest BCUT2D eigenvalue weighted by Gasteiger charge is 2.26. The highest BCUT2D eigenvalue weighted by atomic mass is 16.5. The number of pyridine rings is 1. The summed E-state index contributed by atoms with van der Waals surface area (Å²) in [5, 5.41) is 5.96. The van der Waals surface area contributed by atoms with Crippen molar-refractivity contribution in [3.8, 4) is 5.75 Å². The normalized spacial score (nSPS) is 18.5. The van der Waals surface area contributed by atoms with Crippen molar-refractivity contribution in [3.05, 3.63) is 42.5 Å². The second-order valence-corrected chi connectivity index (χ2v) is 10.5. The number of nitrogens with zero attached hydrogens (tertiary/aromatic N) is 3. The average molecular weight is 507 g/mol. The second-order valence-electron chi connectivity index (χ2n) is 10.5. The van der Waals surface area contributed by atoms with Gasteiger partial charge in [0.25, 0.3) is 5.52 Å². The Bertz CT molecular complexity index is 1390. The molecule has 2 fully saturated rings. The van der Waals surface area contributed by atoms with Gasteiger partial charge in [-0.05, 0) is 24.3 Å². The zero-order valence-electron chi connectivity index (χ0n) is 22.0. The van der Waals surface area contributed by atoms with Crippen LogP contribution in [0.25, 0.3) is 33.0 Å². The third-order valence-corrected chi connectivity index (χ3v) is 8.01. The van der Waals surface area contributed by atoms with Gasteiger partial charge in [-0.15, -0.1) is 0 Å². The van der Waals surface area contributed by atoms with Gasteiger partial charge in [0.05, 0.1) is 49.9 Å². The lowest BCUT2D eigenvalue weighted by Gasteiger charge is -2.37. The van der Waals surface area contributed by atoms with Crippen molar-refractivity contribution in [2.75, 3.05) is 91.2 Å². The Morgan fingerprint density at radius 1 is 1.00 bits per heavy atom. The predicted octanol–water partition coefficient (Wildman–Crippen LogP) is 3.16. The maximum Gasteiger partial charge on any atom is 0.261 e. The number of quaternary nitrogens is 1. The Labute approximate surface area is 217 Å². The molecule has 0 aliphatic carbocycles. The largest absolute Gasteiger partial charge is 0.488 e. The molecule has 2 saturated heterocycles. The molecule has 0 spiro atoms. The van der Waals surface area contributed by atoms with E-state index in [0.29, 0.717) is 6.61 Å². The highest BCUT2D eigenvalue weighted by Crippen LogP contribution is 2.37. The number of nitrogens with one attached hydrogen (secondary N) is 1. The van der Waals surface area contributed by atoms with E-state index in [2.05, 4.69) is 59.2 Å². The van der Waals surface area contributed by atoms with Crippen molar-refractivity contribution < 1.29 is 27.7 Å². The molecule has 4 aromatic rings. The molecule has 2 aromatic carbocycles. The van der Waals surface area contributed by atoms with Gasteiger partial charge in [0.2, 0.25) is 11.1 Å². The standard InChI is InChI=1S/C29H37N4O4/c1-31-25-6-4-3-5-23(25)27(30-9-10-32-11-16-34-17-12-32)29-28(31)24-21-22(7-8-26(24)37-29)36-20-15-33(2)13-18-35-19-14-33/h3-8,21H,9-20H2,1-2H3/q+1/p+1. The monoisotopic (exact) mass is 506 g/mol. The number of aryl methyl sites for hydroxylation is 1. The van der Waals surface area contributed by atoms with E-state index in [9.17, 15) is 0 Å². The molecule has 0 bridgehead atoms. The molecule has 1 N–H and O–H groups in total. The van der Waals surface area contributed by atoms with Crippen LogP contribution in [0.15, 0.2) is 46.9 Å². The zero-order valence-corrected chi connectivity index (χ0v) is 22.0. The summed E-state index contributed by atoms with van der Waals surface area (Å²) in [4.78, 5) is 2.45. The topological polar surface area (TPSA) is 60.0 Å². The smallest absolute Gasteiger partial charge is 0.261 e. The summed E-state index contributed by atoms with van der Waals surface area (Å²) in [5.41, 5.74) is 5.07. The summed E-state index contributed by atoms with van der Waals surface area (Å²) in [6.07, 6.45) is 0. The molecule has 2 aromatic heterocycles. The summed E-state index contributed by atoms with van der Waals surface area (Å²) in [5.74, 6) is 0.880. The maximum absolute atomic E-state index is 6.50. The van der Waals surface area contributed by atoms with Gasteiger partial charge in [-0.25, -0.2) is 0 Å². The Balaban J connectivity index is 1.30. The van der Waals surface area contributed by atoms with E-state index in [-0.39, 0.29) is 0 Å². The summed E-state index contributed by atoms with van der Waals surface area (Å²) in [6, 6.07) is 14.7. The van der Waals surface area contributed by atoms with Crippen LogP contribution in [0.3, 0.4) is 0 Å². The number of rotatable bonds is 8. The fraction of sp³-hybridized carbons (Fsp3) is 0.483. The highest BCUT2D eigenvalue weighted by molar-refractivity contribution is 6.11. The molecule has 8 nitrogen and oxygen atoms in total. The van der Waals surface area contributed by atoms with E-state index >= 15 is 0 Å². The van der Waals surface area contributed by atoms with Crippen LogP contribution in [0.2, 0.25) is 0 Å². The lowest BCUT2D eigenvalue weighted by atomic mass is 10.1. The summed E-state index contributed by atoms with van der Waals surface area (Å²) >= 11 is 0. The molecular weight excluding hydrogens is 468 g/mol. The number of hydrogen-bond donors (Lipinski definition) is 1. The Hall–Kier alpha value is -2.91. The maximum atomic E-state index is 6.50. The van der Waals surface area contributed by atoms with E-state index in [1.54, 1.807) is 0 Å². The number of ether oxygens (including phenoxy) is 3. The first-order chi connectivity index (χ1) is 18.1. The number of likely N-dealkylation sites (N-methyl/N-ethyl adjacent to an activating group) is 1. The van der Waals surface area contributed by atoms with E-state index in [1.807, 2.05) is 12.1 Å². The van der Waals surface area contributed by atoms with Crippen molar-refractivity contribution in [1.82, 2.24) is 4.90 Å².